The summed E-state index contributed by atoms with van der Waals surface area (Å²) in [6.07, 6.45) is 5.32. The van der Waals surface area contributed by atoms with Gasteiger partial charge in [0.25, 0.3) is 5.91 Å². The average Bonchev–Trinajstić information content (AvgIpc) is 2.46. The van der Waals surface area contributed by atoms with Crippen LogP contribution in [0.5, 0.6) is 0 Å². The van der Waals surface area contributed by atoms with Gasteiger partial charge in [0.1, 0.15) is 0 Å². The van der Waals surface area contributed by atoms with Crippen LogP contribution >= 0.6 is 15.9 Å². The fraction of sp³-hybridized carbons (Fsp3) is 0.533. The minimum atomic E-state index is -0.293. The molecular weight excluding hydrogens is 320 g/mol. The van der Waals surface area contributed by atoms with Crippen molar-refractivity contribution >= 4 is 21.8 Å². The molecule has 0 aromatic heterocycles. The van der Waals surface area contributed by atoms with Gasteiger partial charge in [-0.2, -0.15) is 0 Å². The van der Waals surface area contributed by atoms with E-state index in [1.54, 1.807) is 12.1 Å². The van der Waals surface area contributed by atoms with Gasteiger partial charge in [-0.05, 0) is 36.5 Å². The highest BCUT2D eigenvalue weighted by molar-refractivity contribution is 9.10. The van der Waals surface area contributed by atoms with Crippen molar-refractivity contribution in [3.8, 4) is 0 Å². The number of benzene rings is 1. The zero-order valence-electron chi connectivity index (χ0n) is 11.7. The summed E-state index contributed by atoms with van der Waals surface area (Å²) in [4.78, 5) is 11.4. The van der Waals surface area contributed by atoms with Crippen LogP contribution in [0.15, 0.2) is 22.7 Å². The SMILES string of the molecule is CC1CCCCC1OCc1ccc(C(=O)NN)cc1Br. The first-order valence-electron chi connectivity index (χ1n) is 7.02. The van der Waals surface area contributed by atoms with Gasteiger partial charge >= 0.3 is 0 Å². The maximum atomic E-state index is 11.4. The fourth-order valence-corrected chi connectivity index (χ4v) is 3.11. The Hall–Kier alpha value is -0.910. The van der Waals surface area contributed by atoms with Crippen molar-refractivity contribution in [3.63, 3.8) is 0 Å². The van der Waals surface area contributed by atoms with Crippen LogP contribution in [0.25, 0.3) is 0 Å². The number of carbonyl (C=O) groups is 1. The van der Waals surface area contributed by atoms with E-state index >= 15 is 0 Å². The summed E-state index contributed by atoms with van der Waals surface area (Å²) in [5.74, 6) is 5.46. The van der Waals surface area contributed by atoms with E-state index in [0.29, 0.717) is 24.2 Å². The molecule has 0 heterocycles. The molecule has 1 fully saturated rings. The number of amides is 1. The number of nitrogens with one attached hydrogen (secondary N) is 1. The maximum Gasteiger partial charge on any atom is 0.265 e. The summed E-state index contributed by atoms with van der Waals surface area (Å²) in [6.45, 7) is 2.83. The predicted octanol–water partition coefficient (Wildman–Crippen LogP) is 3.15. The van der Waals surface area contributed by atoms with Crippen LogP contribution in [-0.4, -0.2) is 12.0 Å². The number of carbonyl (C=O) groups excluding carboxylic acids is 1. The summed E-state index contributed by atoms with van der Waals surface area (Å²) < 4.78 is 6.91. The molecule has 4 nitrogen and oxygen atoms in total. The molecule has 0 radical (unpaired) electrons. The molecule has 1 aliphatic rings. The van der Waals surface area contributed by atoms with Gasteiger partial charge in [0, 0.05) is 10.0 Å². The number of halogens is 1. The molecule has 5 heteroatoms. The number of nitrogen functional groups attached to an aromatic ring is 1. The summed E-state index contributed by atoms with van der Waals surface area (Å²) in [7, 11) is 0. The van der Waals surface area contributed by atoms with Gasteiger partial charge in [-0.15, -0.1) is 0 Å². The highest BCUT2D eigenvalue weighted by atomic mass is 79.9. The highest BCUT2D eigenvalue weighted by Crippen LogP contribution is 2.28. The van der Waals surface area contributed by atoms with E-state index in [1.165, 1.54) is 19.3 Å². The number of hydrazine groups is 1. The molecule has 2 atom stereocenters. The lowest BCUT2D eigenvalue weighted by molar-refractivity contribution is -0.0156. The lowest BCUT2D eigenvalue weighted by atomic mass is 9.88. The van der Waals surface area contributed by atoms with Gasteiger partial charge in [-0.3, -0.25) is 10.2 Å². The summed E-state index contributed by atoms with van der Waals surface area (Å²) in [6, 6.07) is 5.43. The smallest absolute Gasteiger partial charge is 0.265 e. The third kappa shape index (κ3) is 3.81. The van der Waals surface area contributed by atoms with Crippen molar-refractivity contribution in [2.45, 2.75) is 45.3 Å². The molecule has 0 bridgehead atoms. The Morgan fingerprint density at radius 1 is 1.45 bits per heavy atom. The molecule has 2 unspecified atom stereocenters. The topological polar surface area (TPSA) is 64.3 Å². The van der Waals surface area contributed by atoms with Crippen LogP contribution in [0, 0.1) is 5.92 Å². The quantitative estimate of drug-likeness (QED) is 0.502. The van der Waals surface area contributed by atoms with Crippen LogP contribution in [0.1, 0.15) is 48.5 Å². The third-order valence-electron chi connectivity index (χ3n) is 3.93. The van der Waals surface area contributed by atoms with Crippen molar-refractivity contribution in [3.05, 3.63) is 33.8 Å². The lowest BCUT2D eigenvalue weighted by Gasteiger charge is -2.28. The molecule has 2 rings (SSSR count). The van der Waals surface area contributed by atoms with Gasteiger partial charge < -0.3 is 4.74 Å². The minimum Gasteiger partial charge on any atom is -0.373 e. The molecule has 1 amide bonds. The lowest BCUT2D eigenvalue weighted by Crippen LogP contribution is -2.30. The van der Waals surface area contributed by atoms with Crippen LogP contribution in [0.4, 0.5) is 0 Å². The van der Waals surface area contributed by atoms with Gasteiger partial charge in [-0.1, -0.05) is 41.8 Å². The van der Waals surface area contributed by atoms with Crippen molar-refractivity contribution < 1.29 is 9.53 Å². The van der Waals surface area contributed by atoms with E-state index in [4.69, 9.17) is 10.6 Å². The first kappa shape index (κ1) is 15.5. The van der Waals surface area contributed by atoms with E-state index in [-0.39, 0.29) is 5.91 Å². The average molecular weight is 341 g/mol. The first-order chi connectivity index (χ1) is 9.61. The maximum absolute atomic E-state index is 11.4. The Balaban J connectivity index is 1.97. The van der Waals surface area contributed by atoms with Crippen LogP contribution in [-0.2, 0) is 11.3 Å². The number of hydrogen-bond donors (Lipinski definition) is 2. The molecule has 1 aromatic rings. The summed E-state index contributed by atoms with van der Waals surface area (Å²) in [5.41, 5.74) is 3.71. The van der Waals surface area contributed by atoms with Crippen molar-refractivity contribution in [2.24, 2.45) is 11.8 Å². The standard InChI is InChI=1S/C15H21BrN2O2/c1-10-4-2-3-5-14(10)20-9-12-7-6-11(8-13(12)16)15(19)18-17/h6-8,10,14H,2-5,9,17H2,1H3,(H,18,19). The Morgan fingerprint density at radius 2 is 2.20 bits per heavy atom. The molecule has 0 saturated heterocycles. The largest absolute Gasteiger partial charge is 0.373 e. The van der Waals surface area contributed by atoms with Crippen molar-refractivity contribution in [2.75, 3.05) is 0 Å². The molecule has 0 spiro atoms. The molecular formula is C15H21BrN2O2. The molecule has 1 aromatic carbocycles. The van der Waals surface area contributed by atoms with Crippen molar-refractivity contribution in [1.82, 2.24) is 5.43 Å². The Bertz CT molecular complexity index is 479. The van der Waals surface area contributed by atoms with Gasteiger partial charge in [0.2, 0.25) is 0 Å². The minimum absolute atomic E-state index is 0.293. The molecule has 0 aliphatic heterocycles. The molecule has 20 heavy (non-hydrogen) atoms. The summed E-state index contributed by atoms with van der Waals surface area (Å²) in [5, 5.41) is 0. The molecule has 110 valence electrons. The highest BCUT2D eigenvalue weighted by Gasteiger charge is 2.22. The third-order valence-corrected chi connectivity index (χ3v) is 4.67. The van der Waals surface area contributed by atoms with Crippen LogP contribution in [0.3, 0.4) is 0 Å². The second-order valence-corrected chi connectivity index (χ2v) is 6.25. The molecule has 1 saturated carbocycles. The molecule has 3 N–H and O–H groups in total. The predicted molar refractivity (Wildman–Crippen MR) is 82.0 cm³/mol. The second-order valence-electron chi connectivity index (χ2n) is 5.39. The summed E-state index contributed by atoms with van der Waals surface area (Å²) >= 11 is 3.48. The van der Waals surface area contributed by atoms with Gasteiger partial charge in [0.15, 0.2) is 0 Å². The van der Waals surface area contributed by atoms with E-state index in [9.17, 15) is 4.79 Å². The van der Waals surface area contributed by atoms with E-state index < -0.39 is 0 Å². The number of nitrogens with two attached hydrogens (primary N) is 1. The zero-order valence-corrected chi connectivity index (χ0v) is 13.3. The van der Waals surface area contributed by atoms with Crippen LogP contribution < -0.4 is 11.3 Å². The number of hydrogen-bond acceptors (Lipinski definition) is 3. The fourth-order valence-electron chi connectivity index (χ4n) is 2.62. The molecule has 1 aliphatic carbocycles. The van der Waals surface area contributed by atoms with Gasteiger partial charge in [0.05, 0.1) is 12.7 Å². The Kier molecular flexibility index (Phi) is 5.57. The van der Waals surface area contributed by atoms with E-state index in [1.807, 2.05) is 6.07 Å². The monoisotopic (exact) mass is 340 g/mol. The Morgan fingerprint density at radius 3 is 2.85 bits per heavy atom. The zero-order chi connectivity index (χ0) is 14.5. The van der Waals surface area contributed by atoms with Gasteiger partial charge in [-0.25, -0.2) is 5.84 Å². The first-order valence-corrected chi connectivity index (χ1v) is 7.82. The van der Waals surface area contributed by atoms with Crippen LogP contribution in [0.2, 0.25) is 0 Å². The van der Waals surface area contributed by atoms with Crippen molar-refractivity contribution in [1.29, 1.82) is 0 Å². The van der Waals surface area contributed by atoms with E-state index in [0.717, 1.165) is 16.5 Å². The number of rotatable bonds is 4. The second kappa shape index (κ2) is 7.20. The van der Waals surface area contributed by atoms with E-state index in [2.05, 4.69) is 28.3 Å². The normalized spacial score (nSPS) is 22.6. The number of ether oxygens (including phenoxy) is 1. The Labute approximate surface area is 128 Å².